The first kappa shape index (κ1) is 16.5. The second-order valence-electron chi connectivity index (χ2n) is 5.45. The lowest BCUT2D eigenvalue weighted by molar-refractivity contribution is -0.145. The average Bonchev–Trinajstić information content (AvgIpc) is 2.31. The fourth-order valence-electron chi connectivity index (χ4n) is 1.56. The quantitative estimate of drug-likeness (QED) is 0.860. The van der Waals surface area contributed by atoms with Crippen LogP contribution in [-0.2, 0) is 9.59 Å². The Morgan fingerprint density at radius 3 is 2.55 bits per heavy atom. The Balaban J connectivity index is 2.57. The van der Waals surface area contributed by atoms with Gasteiger partial charge in [0.1, 0.15) is 11.8 Å². The zero-order valence-electron chi connectivity index (χ0n) is 11.6. The van der Waals surface area contributed by atoms with E-state index < -0.39 is 23.3 Å². The zero-order valence-corrected chi connectivity index (χ0v) is 13.2. The van der Waals surface area contributed by atoms with Crippen molar-refractivity contribution in [2.24, 2.45) is 5.41 Å². The van der Waals surface area contributed by atoms with Gasteiger partial charge in [0.15, 0.2) is 6.61 Å². The number of ether oxygens (including phenoxy) is 1. The Labute approximate surface area is 126 Å². The van der Waals surface area contributed by atoms with E-state index in [1.54, 1.807) is 39.0 Å². The van der Waals surface area contributed by atoms with Crippen LogP contribution in [0.3, 0.4) is 0 Å². The molecule has 0 aromatic heterocycles. The first-order valence-electron chi connectivity index (χ1n) is 6.10. The van der Waals surface area contributed by atoms with Crippen molar-refractivity contribution in [1.82, 2.24) is 5.32 Å². The van der Waals surface area contributed by atoms with Gasteiger partial charge in [-0.2, -0.15) is 0 Å². The number of amides is 1. The van der Waals surface area contributed by atoms with E-state index >= 15 is 0 Å². The molecule has 20 heavy (non-hydrogen) atoms. The van der Waals surface area contributed by atoms with E-state index in [2.05, 4.69) is 21.2 Å². The van der Waals surface area contributed by atoms with Crippen LogP contribution in [0.25, 0.3) is 0 Å². The standard InChI is InChI=1S/C14H18BrNO4/c1-14(2,3)12(13(18)19)16-11(17)8-20-10-6-4-5-9(15)7-10/h4-7,12H,8H2,1-3H3,(H,16,17)(H,18,19). The van der Waals surface area contributed by atoms with Crippen molar-refractivity contribution < 1.29 is 19.4 Å². The number of rotatable bonds is 5. The summed E-state index contributed by atoms with van der Waals surface area (Å²) in [4.78, 5) is 22.9. The maximum atomic E-state index is 11.8. The van der Waals surface area contributed by atoms with Gasteiger partial charge < -0.3 is 15.2 Å². The predicted molar refractivity (Wildman–Crippen MR) is 78.7 cm³/mol. The molecule has 6 heteroatoms. The van der Waals surface area contributed by atoms with Crippen LogP contribution in [0.15, 0.2) is 28.7 Å². The van der Waals surface area contributed by atoms with Gasteiger partial charge >= 0.3 is 5.97 Å². The molecule has 0 radical (unpaired) electrons. The minimum atomic E-state index is -1.06. The van der Waals surface area contributed by atoms with Crippen molar-refractivity contribution in [3.8, 4) is 5.75 Å². The molecule has 0 fully saturated rings. The summed E-state index contributed by atoms with van der Waals surface area (Å²) in [6.07, 6.45) is 0. The van der Waals surface area contributed by atoms with Crippen molar-refractivity contribution in [3.63, 3.8) is 0 Å². The molecule has 0 saturated heterocycles. The summed E-state index contributed by atoms with van der Waals surface area (Å²) in [5.74, 6) is -0.988. The number of aliphatic carboxylic acids is 1. The summed E-state index contributed by atoms with van der Waals surface area (Å²) < 4.78 is 6.15. The zero-order chi connectivity index (χ0) is 15.3. The number of nitrogens with one attached hydrogen (secondary N) is 1. The SMILES string of the molecule is CC(C)(C)C(NC(=O)COc1cccc(Br)c1)C(=O)O. The van der Waals surface area contributed by atoms with Crippen LogP contribution in [0, 0.1) is 5.41 Å². The van der Waals surface area contributed by atoms with Gasteiger partial charge in [-0.05, 0) is 23.6 Å². The lowest BCUT2D eigenvalue weighted by Gasteiger charge is -2.27. The highest BCUT2D eigenvalue weighted by atomic mass is 79.9. The van der Waals surface area contributed by atoms with E-state index in [1.165, 1.54) is 0 Å². The number of halogens is 1. The van der Waals surface area contributed by atoms with Gasteiger partial charge in [0.25, 0.3) is 5.91 Å². The molecule has 1 atom stereocenters. The summed E-state index contributed by atoms with van der Waals surface area (Å²) >= 11 is 3.30. The van der Waals surface area contributed by atoms with Crippen LogP contribution in [0.1, 0.15) is 20.8 Å². The Morgan fingerprint density at radius 2 is 2.05 bits per heavy atom. The van der Waals surface area contributed by atoms with E-state index in [0.29, 0.717) is 5.75 Å². The number of carbonyl (C=O) groups is 2. The minimum absolute atomic E-state index is 0.226. The lowest BCUT2D eigenvalue weighted by Crippen LogP contribution is -2.50. The normalized spacial score (nSPS) is 12.6. The van der Waals surface area contributed by atoms with E-state index in [-0.39, 0.29) is 6.61 Å². The van der Waals surface area contributed by atoms with E-state index in [9.17, 15) is 9.59 Å². The number of carboxylic acids is 1. The van der Waals surface area contributed by atoms with Gasteiger partial charge in [0, 0.05) is 4.47 Å². The van der Waals surface area contributed by atoms with Crippen LogP contribution in [-0.4, -0.2) is 29.6 Å². The molecule has 1 rings (SSSR count). The molecule has 1 unspecified atom stereocenters. The van der Waals surface area contributed by atoms with Crippen molar-refractivity contribution >= 4 is 27.8 Å². The largest absolute Gasteiger partial charge is 0.484 e. The highest BCUT2D eigenvalue weighted by Crippen LogP contribution is 2.20. The van der Waals surface area contributed by atoms with E-state index in [0.717, 1.165) is 4.47 Å². The molecule has 1 aromatic rings. The molecule has 0 aliphatic heterocycles. The summed E-state index contributed by atoms with van der Waals surface area (Å²) in [6, 6.07) is 6.11. The van der Waals surface area contributed by atoms with Crippen molar-refractivity contribution in [2.75, 3.05) is 6.61 Å². The summed E-state index contributed by atoms with van der Waals surface area (Å²) in [7, 11) is 0. The Kier molecular flexibility index (Phi) is 5.56. The third-order valence-corrected chi connectivity index (χ3v) is 3.08. The van der Waals surface area contributed by atoms with Crippen LogP contribution < -0.4 is 10.1 Å². The lowest BCUT2D eigenvalue weighted by atomic mass is 9.87. The third-order valence-electron chi connectivity index (χ3n) is 2.58. The average molecular weight is 344 g/mol. The van der Waals surface area contributed by atoms with Crippen molar-refractivity contribution in [1.29, 1.82) is 0 Å². The summed E-state index contributed by atoms with van der Waals surface area (Å²) in [5.41, 5.74) is -0.572. The topological polar surface area (TPSA) is 75.6 Å². The fraction of sp³-hybridized carbons (Fsp3) is 0.429. The number of hydrogen-bond acceptors (Lipinski definition) is 3. The monoisotopic (exact) mass is 343 g/mol. The number of carboxylic acid groups (broad SMARTS) is 1. The molecule has 5 nitrogen and oxygen atoms in total. The molecule has 0 bridgehead atoms. The second kappa shape index (κ2) is 6.74. The van der Waals surface area contributed by atoms with Crippen LogP contribution in [0.2, 0.25) is 0 Å². The van der Waals surface area contributed by atoms with Gasteiger partial charge in [-0.25, -0.2) is 4.79 Å². The summed E-state index contributed by atoms with van der Waals surface area (Å²) in [6.45, 7) is 5.03. The molecule has 0 heterocycles. The van der Waals surface area contributed by atoms with Crippen molar-refractivity contribution in [2.45, 2.75) is 26.8 Å². The van der Waals surface area contributed by atoms with Gasteiger partial charge in [-0.15, -0.1) is 0 Å². The number of carbonyl (C=O) groups excluding carboxylic acids is 1. The second-order valence-corrected chi connectivity index (χ2v) is 6.37. The minimum Gasteiger partial charge on any atom is -0.484 e. The molecule has 0 spiro atoms. The van der Waals surface area contributed by atoms with Crippen LogP contribution in [0.5, 0.6) is 5.75 Å². The van der Waals surface area contributed by atoms with Gasteiger partial charge in [-0.1, -0.05) is 42.8 Å². The molecule has 1 aromatic carbocycles. The van der Waals surface area contributed by atoms with Gasteiger partial charge in [0.2, 0.25) is 0 Å². The van der Waals surface area contributed by atoms with E-state index in [4.69, 9.17) is 9.84 Å². The molecule has 1 amide bonds. The Morgan fingerprint density at radius 1 is 1.40 bits per heavy atom. The van der Waals surface area contributed by atoms with Crippen molar-refractivity contribution in [3.05, 3.63) is 28.7 Å². The molecule has 110 valence electrons. The first-order valence-corrected chi connectivity index (χ1v) is 6.90. The molecule has 2 N–H and O–H groups in total. The molecule has 0 aliphatic carbocycles. The first-order chi connectivity index (χ1) is 9.20. The molecule has 0 aliphatic rings. The Bertz CT molecular complexity index is 496. The highest BCUT2D eigenvalue weighted by molar-refractivity contribution is 9.10. The number of benzene rings is 1. The third kappa shape index (κ3) is 5.21. The van der Waals surface area contributed by atoms with Gasteiger partial charge in [-0.3, -0.25) is 4.79 Å². The smallest absolute Gasteiger partial charge is 0.326 e. The molecule has 0 saturated carbocycles. The number of hydrogen-bond donors (Lipinski definition) is 2. The molecular weight excluding hydrogens is 326 g/mol. The maximum absolute atomic E-state index is 11.8. The summed E-state index contributed by atoms with van der Waals surface area (Å²) in [5, 5.41) is 11.6. The van der Waals surface area contributed by atoms with Gasteiger partial charge in [0.05, 0.1) is 0 Å². The van der Waals surface area contributed by atoms with E-state index in [1.807, 2.05) is 6.07 Å². The van der Waals surface area contributed by atoms with Crippen LogP contribution in [0.4, 0.5) is 0 Å². The predicted octanol–water partition coefficient (Wildman–Crippen LogP) is 2.44. The Hall–Kier alpha value is -1.56. The fourth-order valence-corrected chi connectivity index (χ4v) is 1.94. The van der Waals surface area contributed by atoms with Crippen LogP contribution >= 0.6 is 15.9 Å². The highest BCUT2D eigenvalue weighted by Gasteiger charge is 2.32. The maximum Gasteiger partial charge on any atom is 0.326 e. The molecular formula is C14H18BrNO4.